The number of Topliss-reactive ketones (excluding diaryl/α,β-unsaturated/α-hetero) is 1. The van der Waals surface area contributed by atoms with Gasteiger partial charge in [0.2, 0.25) is 0 Å². The maximum Gasteiger partial charge on any atom is 0.181 e. The standard InChI is InChI=1S/C13H14N2O/c16-13(12-6-3-7-14-12)10-8-15-11-5-2-1-4-9(10)11/h1-2,4-5,8,12,14-15H,3,6-7H2/t12-/m0/s1. The lowest BCUT2D eigenvalue weighted by Gasteiger charge is -2.07. The van der Waals surface area contributed by atoms with Crippen LogP contribution >= 0.6 is 0 Å². The van der Waals surface area contributed by atoms with Crippen molar-refractivity contribution in [2.45, 2.75) is 18.9 Å². The second-order valence-electron chi connectivity index (χ2n) is 4.26. The van der Waals surface area contributed by atoms with Gasteiger partial charge < -0.3 is 10.3 Å². The first-order valence-corrected chi connectivity index (χ1v) is 5.70. The third-order valence-electron chi connectivity index (χ3n) is 3.23. The number of benzene rings is 1. The number of aromatic amines is 1. The Morgan fingerprint density at radius 2 is 2.19 bits per heavy atom. The molecule has 2 aromatic rings. The Morgan fingerprint density at radius 1 is 1.31 bits per heavy atom. The second kappa shape index (κ2) is 3.76. The number of rotatable bonds is 2. The van der Waals surface area contributed by atoms with Crippen molar-refractivity contribution in [3.63, 3.8) is 0 Å². The average molecular weight is 214 g/mol. The minimum atomic E-state index is 0.0132. The lowest BCUT2D eigenvalue weighted by molar-refractivity contribution is 0.0954. The third kappa shape index (κ3) is 1.44. The SMILES string of the molecule is O=C(c1c[nH]c2ccccc12)[C@@H]1CCCN1. The molecule has 0 unspecified atom stereocenters. The largest absolute Gasteiger partial charge is 0.360 e. The van der Waals surface area contributed by atoms with Crippen molar-refractivity contribution in [1.29, 1.82) is 0 Å². The number of ketones is 1. The Labute approximate surface area is 93.9 Å². The number of para-hydroxylation sites is 1. The number of carbonyl (C=O) groups is 1. The molecule has 1 fully saturated rings. The van der Waals surface area contributed by atoms with E-state index in [-0.39, 0.29) is 11.8 Å². The zero-order valence-corrected chi connectivity index (χ0v) is 8.99. The Hall–Kier alpha value is -1.61. The van der Waals surface area contributed by atoms with Crippen molar-refractivity contribution in [2.75, 3.05) is 6.54 Å². The molecule has 1 aliphatic rings. The Kier molecular flexibility index (Phi) is 2.26. The van der Waals surface area contributed by atoms with Crippen molar-refractivity contribution >= 4 is 16.7 Å². The molecule has 1 aliphatic heterocycles. The molecule has 82 valence electrons. The molecule has 1 aromatic carbocycles. The first-order valence-electron chi connectivity index (χ1n) is 5.70. The monoisotopic (exact) mass is 214 g/mol. The van der Waals surface area contributed by atoms with E-state index in [1.807, 2.05) is 30.5 Å². The van der Waals surface area contributed by atoms with Crippen LogP contribution in [0.15, 0.2) is 30.5 Å². The fraction of sp³-hybridized carbons (Fsp3) is 0.308. The van der Waals surface area contributed by atoms with Gasteiger partial charge in [-0.3, -0.25) is 4.79 Å². The summed E-state index contributed by atoms with van der Waals surface area (Å²) < 4.78 is 0. The van der Waals surface area contributed by atoms with Crippen LogP contribution in [0.3, 0.4) is 0 Å². The van der Waals surface area contributed by atoms with Crippen molar-refractivity contribution in [1.82, 2.24) is 10.3 Å². The molecule has 0 aliphatic carbocycles. The van der Waals surface area contributed by atoms with E-state index >= 15 is 0 Å². The molecule has 0 saturated carbocycles. The highest BCUT2D eigenvalue weighted by Crippen LogP contribution is 2.21. The van der Waals surface area contributed by atoms with Gasteiger partial charge in [-0.05, 0) is 25.5 Å². The Morgan fingerprint density at radius 3 is 3.00 bits per heavy atom. The molecule has 1 atom stereocenters. The van der Waals surface area contributed by atoms with Crippen LogP contribution < -0.4 is 5.32 Å². The highest BCUT2D eigenvalue weighted by atomic mass is 16.1. The predicted octanol–water partition coefficient (Wildman–Crippen LogP) is 2.10. The molecule has 0 amide bonds. The van der Waals surface area contributed by atoms with Crippen LogP contribution in [-0.4, -0.2) is 23.4 Å². The topological polar surface area (TPSA) is 44.9 Å². The molecule has 2 N–H and O–H groups in total. The number of carbonyl (C=O) groups excluding carboxylic acids is 1. The van der Waals surface area contributed by atoms with E-state index in [0.717, 1.165) is 35.9 Å². The smallest absolute Gasteiger partial charge is 0.181 e. The number of H-pyrrole nitrogens is 1. The minimum Gasteiger partial charge on any atom is -0.360 e. The molecule has 0 spiro atoms. The van der Waals surface area contributed by atoms with Crippen molar-refractivity contribution in [3.05, 3.63) is 36.0 Å². The summed E-state index contributed by atoms with van der Waals surface area (Å²) in [5.41, 5.74) is 1.85. The molecule has 0 radical (unpaired) electrons. The van der Waals surface area contributed by atoms with Crippen LogP contribution in [0.2, 0.25) is 0 Å². The first-order chi connectivity index (χ1) is 7.86. The van der Waals surface area contributed by atoms with Gasteiger partial charge in [-0.15, -0.1) is 0 Å². The summed E-state index contributed by atoms with van der Waals surface area (Å²) in [6.07, 6.45) is 3.88. The maximum atomic E-state index is 12.2. The normalized spacial score (nSPS) is 20.4. The van der Waals surface area contributed by atoms with Crippen LogP contribution in [0.4, 0.5) is 0 Å². The van der Waals surface area contributed by atoms with Gasteiger partial charge in [0.1, 0.15) is 0 Å². The van der Waals surface area contributed by atoms with Gasteiger partial charge in [0, 0.05) is 22.7 Å². The average Bonchev–Trinajstić information content (AvgIpc) is 2.98. The molecule has 16 heavy (non-hydrogen) atoms. The summed E-state index contributed by atoms with van der Waals surface area (Å²) in [7, 11) is 0. The maximum absolute atomic E-state index is 12.2. The summed E-state index contributed by atoms with van der Waals surface area (Å²) >= 11 is 0. The number of aromatic nitrogens is 1. The van der Waals surface area contributed by atoms with E-state index < -0.39 is 0 Å². The summed E-state index contributed by atoms with van der Waals surface area (Å²) in [5.74, 6) is 0.218. The molecule has 1 saturated heterocycles. The van der Waals surface area contributed by atoms with Gasteiger partial charge in [0.25, 0.3) is 0 Å². The van der Waals surface area contributed by atoms with Gasteiger partial charge in [0.15, 0.2) is 5.78 Å². The molecule has 2 heterocycles. The molecular weight excluding hydrogens is 200 g/mol. The quantitative estimate of drug-likeness (QED) is 0.752. The lowest BCUT2D eigenvalue weighted by atomic mass is 10.0. The van der Waals surface area contributed by atoms with Crippen LogP contribution in [0.1, 0.15) is 23.2 Å². The first kappa shape index (κ1) is 9.60. The summed E-state index contributed by atoms with van der Waals surface area (Å²) in [6.45, 7) is 0.957. The predicted molar refractivity (Wildman–Crippen MR) is 63.7 cm³/mol. The molecule has 0 bridgehead atoms. The van der Waals surface area contributed by atoms with E-state index in [2.05, 4.69) is 10.3 Å². The van der Waals surface area contributed by atoms with E-state index in [1.165, 1.54) is 0 Å². The fourth-order valence-electron chi connectivity index (χ4n) is 2.37. The van der Waals surface area contributed by atoms with E-state index in [1.54, 1.807) is 0 Å². The second-order valence-corrected chi connectivity index (χ2v) is 4.26. The third-order valence-corrected chi connectivity index (χ3v) is 3.23. The van der Waals surface area contributed by atoms with E-state index in [9.17, 15) is 4.79 Å². The summed E-state index contributed by atoms with van der Waals surface area (Å²) in [5, 5.41) is 4.27. The molecule has 3 rings (SSSR count). The molecule has 3 nitrogen and oxygen atoms in total. The van der Waals surface area contributed by atoms with Gasteiger partial charge in [-0.1, -0.05) is 18.2 Å². The van der Waals surface area contributed by atoms with Gasteiger partial charge in [-0.25, -0.2) is 0 Å². The molecule has 3 heteroatoms. The van der Waals surface area contributed by atoms with E-state index in [0.29, 0.717) is 0 Å². The van der Waals surface area contributed by atoms with Gasteiger partial charge in [-0.2, -0.15) is 0 Å². The zero-order chi connectivity index (χ0) is 11.0. The number of fused-ring (bicyclic) bond motifs is 1. The Bertz CT molecular complexity index is 523. The van der Waals surface area contributed by atoms with Gasteiger partial charge >= 0.3 is 0 Å². The minimum absolute atomic E-state index is 0.0132. The van der Waals surface area contributed by atoms with Crippen LogP contribution in [0.25, 0.3) is 10.9 Å². The van der Waals surface area contributed by atoms with Crippen LogP contribution in [0.5, 0.6) is 0 Å². The molecule has 1 aromatic heterocycles. The summed E-state index contributed by atoms with van der Waals surface area (Å²) in [4.78, 5) is 15.4. The van der Waals surface area contributed by atoms with Crippen molar-refractivity contribution in [3.8, 4) is 0 Å². The lowest BCUT2D eigenvalue weighted by Crippen LogP contribution is -2.30. The van der Waals surface area contributed by atoms with Crippen molar-refractivity contribution < 1.29 is 4.79 Å². The van der Waals surface area contributed by atoms with Crippen LogP contribution in [-0.2, 0) is 0 Å². The number of hydrogen-bond donors (Lipinski definition) is 2. The zero-order valence-electron chi connectivity index (χ0n) is 8.99. The van der Waals surface area contributed by atoms with Crippen LogP contribution in [0, 0.1) is 0 Å². The number of hydrogen-bond acceptors (Lipinski definition) is 2. The van der Waals surface area contributed by atoms with Gasteiger partial charge in [0.05, 0.1) is 6.04 Å². The molecular formula is C13H14N2O. The highest BCUT2D eigenvalue weighted by Gasteiger charge is 2.24. The van der Waals surface area contributed by atoms with E-state index in [4.69, 9.17) is 0 Å². The summed E-state index contributed by atoms with van der Waals surface area (Å²) in [6, 6.07) is 7.94. The van der Waals surface area contributed by atoms with Crippen molar-refractivity contribution in [2.24, 2.45) is 0 Å². The highest BCUT2D eigenvalue weighted by molar-refractivity contribution is 6.10. The number of nitrogens with one attached hydrogen (secondary N) is 2. The fourth-order valence-corrected chi connectivity index (χ4v) is 2.37. The Balaban J connectivity index is 2.02.